The zero-order valence-corrected chi connectivity index (χ0v) is 14.2. The first-order chi connectivity index (χ1) is 9.83. The monoisotopic (exact) mass is 404 g/mol. The molecule has 0 fully saturated rings. The van der Waals surface area contributed by atoms with Gasteiger partial charge in [-0.25, -0.2) is 8.42 Å². The van der Waals surface area contributed by atoms with Crippen LogP contribution < -0.4 is 4.72 Å². The second-order valence-corrected chi connectivity index (χ2v) is 7.39. The van der Waals surface area contributed by atoms with Gasteiger partial charge in [0, 0.05) is 9.50 Å². The molecule has 1 N–H and O–H groups in total. The van der Waals surface area contributed by atoms with E-state index in [-0.39, 0.29) is 21.2 Å². The molecule has 0 saturated carbocycles. The largest absolute Gasteiger partial charge is 0.278 e. The Morgan fingerprint density at radius 2 is 1.86 bits per heavy atom. The van der Waals surface area contributed by atoms with Crippen LogP contribution in [0.1, 0.15) is 5.56 Å². The zero-order valence-electron chi connectivity index (χ0n) is 10.3. The van der Waals surface area contributed by atoms with Gasteiger partial charge in [0.15, 0.2) is 0 Å². The maximum Gasteiger partial charge on any atom is 0.263 e. The zero-order chi connectivity index (χ0) is 15.6. The summed E-state index contributed by atoms with van der Waals surface area (Å²) in [6.07, 6.45) is 0. The molecule has 8 heteroatoms. The third kappa shape index (κ3) is 3.69. The minimum absolute atomic E-state index is 0.0670. The highest BCUT2D eigenvalue weighted by atomic mass is 79.9. The fraction of sp³-hybridized carbons (Fsp3) is 0. The Kier molecular flexibility index (Phi) is 4.79. The third-order valence-corrected chi connectivity index (χ3v) is 5.11. The van der Waals surface area contributed by atoms with Crippen molar-refractivity contribution < 1.29 is 8.42 Å². The summed E-state index contributed by atoms with van der Waals surface area (Å²) in [6, 6.07) is 10.6. The standard InChI is InChI=1S/C13H7BrCl2N2O2S/c14-9-2-4-13(11(16)5-9)21(19,20)18-12-6-10(15)3-1-8(12)7-17/h1-6,18H. The van der Waals surface area contributed by atoms with Crippen molar-refractivity contribution in [3.63, 3.8) is 0 Å². The molecular formula is C13H7BrCl2N2O2S. The number of benzene rings is 2. The number of hydrogen-bond donors (Lipinski definition) is 1. The van der Waals surface area contributed by atoms with E-state index in [1.54, 1.807) is 6.07 Å². The van der Waals surface area contributed by atoms with E-state index in [0.717, 1.165) is 0 Å². The van der Waals surface area contributed by atoms with Gasteiger partial charge in [-0.05, 0) is 36.4 Å². The van der Waals surface area contributed by atoms with Crippen molar-refractivity contribution >= 4 is 54.8 Å². The number of nitriles is 1. The van der Waals surface area contributed by atoms with Crippen LogP contribution in [0, 0.1) is 11.3 Å². The van der Waals surface area contributed by atoms with Gasteiger partial charge in [0.2, 0.25) is 0 Å². The highest BCUT2D eigenvalue weighted by molar-refractivity contribution is 9.10. The normalized spacial score (nSPS) is 11.0. The molecule has 0 saturated heterocycles. The lowest BCUT2D eigenvalue weighted by Crippen LogP contribution is -2.14. The quantitative estimate of drug-likeness (QED) is 0.820. The maximum atomic E-state index is 12.3. The third-order valence-electron chi connectivity index (χ3n) is 2.53. The van der Waals surface area contributed by atoms with Crippen LogP contribution in [0.5, 0.6) is 0 Å². The average Bonchev–Trinajstić information content (AvgIpc) is 2.37. The van der Waals surface area contributed by atoms with Gasteiger partial charge in [-0.2, -0.15) is 5.26 Å². The second-order valence-electron chi connectivity index (χ2n) is 3.98. The number of halogens is 3. The summed E-state index contributed by atoms with van der Waals surface area (Å²) >= 11 is 15.0. The molecule has 0 bridgehead atoms. The Morgan fingerprint density at radius 3 is 2.48 bits per heavy atom. The molecular weight excluding hydrogens is 399 g/mol. The van der Waals surface area contributed by atoms with Crippen molar-refractivity contribution in [2.75, 3.05) is 4.72 Å². The number of sulfonamides is 1. The number of nitrogens with one attached hydrogen (secondary N) is 1. The summed E-state index contributed by atoms with van der Waals surface area (Å²) < 4.78 is 27.7. The Morgan fingerprint density at radius 1 is 1.14 bits per heavy atom. The summed E-state index contributed by atoms with van der Waals surface area (Å²) in [6.45, 7) is 0. The Labute approximate surface area is 140 Å². The van der Waals surface area contributed by atoms with Crippen molar-refractivity contribution in [1.29, 1.82) is 5.26 Å². The Hall–Kier alpha value is -1.26. The average molecular weight is 406 g/mol. The van der Waals surface area contributed by atoms with Crippen LogP contribution in [0.2, 0.25) is 10.0 Å². The number of anilines is 1. The Bertz CT molecular complexity index is 848. The minimum Gasteiger partial charge on any atom is -0.278 e. The SMILES string of the molecule is N#Cc1ccc(Cl)cc1NS(=O)(=O)c1ccc(Br)cc1Cl. The highest BCUT2D eigenvalue weighted by Crippen LogP contribution is 2.28. The molecule has 21 heavy (non-hydrogen) atoms. The first-order valence-corrected chi connectivity index (χ1v) is 8.54. The molecule has 0 unspecified atom stereocenters. The molecule has 0 heterocycles. The molecule has 0 aliphatic heterocycles. The predicted octanol–water partition coefficient (Wildman–Crippen LogP) is 4.43. The summed E-state index contributed by atoms with van der Waals surface area (Å²) in [5.41, 5.74) is 0.264. The van der Waals surface area contributed by atoms with Gasteiger partial charge in [-0.3, -0.25) is 4.72 Å². The molecule has 0 aliphatic rings. The van der Waals surface area contributed by atoms with Gasteiger partial charge in [-0.15, -0.1) is 0 Å². The molecule has 108 valence electrons. The van der Waals surface area contributed by atoms with Crippen LogP contribution in [0.3, 0.4) is 0 Å². The van der Waals surface area contributed by atoms with Crippen LogP contribution in [-0.2, 0) is 10.0 Å². The summed E-state index contributed by atoms with van der Waals surface area (Å²) in [5, 5.41) is 9.39. The topological polar surface area (TPSA) is 70.0 Å². The Balaban J connectivity index is 2.47. The summed E-state index contributed by atoms with van der Waals surface area (Å²) in [7, 11) is -3.92. The van der Waals surface area contributed by atoms with E-state index in [4.69, 9.17) is 28.5 Å². The van der Waals surface area contributed by atoms with Crippen molar-refractivity contribution in [2.24, 2.45) is 0 Å². The number of hydrogen-bond acceptors (Lipinski definition) is 3. The molecule has 0 amide bonds. The van der Waals surface area contributed by atoms with Gasteiger partial charge < -0.3 is 0 Å². The van der Waals surface area contributed by atoms with Gasteiger partial charge in [0.05, 0.1) is 16.3 Å². The molecule has 2 aromatic carbocycles. The highest BCUT2D eigenvalue weighted by Gasteiger charge is 2.19. The number of rotatable bonds is 3. The van der Waals surface area contributed by atoms with E-state index in [1.165, 1.54) is 30.3 Å². The fourth-order valence-electron chi connectivity index (χ4n) is 1.59. The van der Waals surface area contributed by atoms with Crippen LogP contribution in [0.4, 0.5) is 5.69 Å². The van der Waals surface area contributed by atoms with E-state index >= 15 is 0 Å². The molecule has 0 spiro atoms. The second kappa shape index (κ2) is 6.24. The molecule has 0 aliphatic carbocycles. The van der Waals surface area contributed by atoms with Crippen LogP contribution in [0.25, 0.3) is 0 Å². The van der Waals surface area contributed by atoms with Crippen LogP contribution >= 0.6 is 39.1 Å². The molecule has 0 radical (unpaired) electrons. The lowest BCUT2D eigenvalue weighted by molar-refractivity contribution is 0.601. The van der Waals surface area contributed by atoms with Crippen molar-refractivity contribution in [3.8, 4) is 6.07 Å². The lowest BCUT2D eigenvalue weighted by atomic mass is 10.2. The van der Waals surface area contributed by atoms with Gasteiger partial charge in [0.25, 0.3) is 10.0 Å². The van der Waals surface area contributed by atoms with E-state index in [9.17, 15) is 8.42 Å². The predicted molar refractivity (Wildman–Crippen MR) is 86.1 cm³/mol. The molecule has 4 nitrogen and oxygen atoms in total. The molecule has 0 aromatic heterocycles. The summed E-state index contributed by atoms with van der Waals surface area (Å²) in [4.78, 5) is -0.0868. The van der Waals surface area contributed by atoms with E-state index in [2.05, 4.69) is 20.7 Å². The lowest BCUT2D eigenvalue weighted by Gasteiger charge is -2.11. The number of nitrogens with zero attached hydrogens (tertiary/aromatic N) is 1. The minimum atomic E-state index is -3.92. The fourth-order valence-corrected chi connectivity index (χ4v) is 3.87. The first-order valence-electron chi connectivity index (χ1n) is 5.51. The maximum absolute atomic E-state index is 12.3. The van der Waals surface area contributed by atoms with Gasteiger partial charge in [-0.1, -0.05) is 39.1 Å². The van der Waals surface area contributed by atoms with Crippen LogP contribution in [-0.4, -0.2) is 8.42 Å². The molecule has 2 aromatic rings. The van der Waals surface area contributed by atoms with Crippen LogP contribution in [0.15, 0.2) is 45.8 Å². The molecule has 0 atom stereocenters. The van der Waals surface area contributed by atoms with E-state index in [1.807, 2.05) is 6.07 Å². The van der Waals surface area contributed by atoms with E-state index < -0.39 is 10.0 Å². The molecule has 2 rings (SSSR count). The first kappa shape index (κ1) is 16.1. The summed E-state index contributed by atoms with van der Waals surface area (Å²) in [5.74, 6) is 0. The van der Waals surface area contributed by atoms with Gasteiger partial charge >= 0.3 is 0 Å². The van der Waals surface area contributed by atoms with Gasteiger partial charge in [0.1, 0.15) is 11.0 Å². The van der Waals surface area contributed by atoms with Crippen molar-refractivity contribution in [3.05, 3.63) is 56.5 Å². The van der Waals surface area contributed by atoms with Crippen molar-refractivity contribution in [2.45, 2.75) is 4.90 Å². The van der Waals surface area contributed by atoms with Crippen molar-refractivity contribution in [1.82, 2.24) is 0 Å². The smallest absolute Gasteiger partial charge is 0.263 e. The van der Waals surface area contributed by atoms with E-state index in [0.29, 0.717) is 9.50 Å².